The minimum atomic E-state index is -0.289. The van der Waals surface area contributed by atoms with E-state index in [1.54, 1.807) is 29.1 Å². The largest absolute Gasteiger partial charge is 0.380 e. The van der Waals surface area contributed by atoms with Gasteiger partial charge in [0, 0.05) is 30.3 Å². The quantitative estimate of drug-likeness (QED) is 0.366. The summed E-state index contributed by atoms with van der Waals surface area (Å²) >= 11 is 0. The van der Waals surface area contributed by atoms with E-state index in [1.165, 1.54) is 12.1 Å². The normalized spacial score (nSPS) is 11.0. The molecule has 0 fully saturated rings. The fourth-order valence-electron chi connectivity index (χ4n) is 3.17. The van der Waals surface area contributed by atoms with Crippen LogP contribution < -0.4 is 0 Å². The monoisotopic (exact) mass is 375 g/mol. The first-order chi connectivity index (χ1) is 13.7. The summed E-state index contributed by atoms with van der Waals surface area (Å²) in [7, 11) is 0. The molecule has 7 heteroatoms. The van der Waals surface area contributed by atoms with Crippen LogP contribution in [0.2, 0.25) is 0 Å². The molecule has 4 aromatic rings. The number of pyridine rings is 1. The minimum absolute atomic E-state index is 0.289. The van der Waals surface area contributed by atoms with Crippen LogP contribution >= 0.6 is 0 Å². The lowest BCUT2D eigenvalue weighted by atomic mass is 10.1. The topological polar surface area (TPSA) is 48.7 Å². The van der Waals surface area contributed by atoms with Gasteiger partial charge in [-0.25, -0.2) is 18.8 Å². The average Bonchev–Trinajstić information content (AvgIpc) is 3.32. The van der Waals surface area contributed by atoms with Gasteiger partial charge in [0.05, 0.1) is 36.7 Å². The highest BCUT2D eigenvalue weighted by Gasteiger charge is 2.17. The van der Waals surface area contributed by atoms with E-state index < -0.39 is 0 Å². The van der Waals surface area contributed by atoms with Crippen LogP contribution in [0.4, 0.5) is 10.2 Å². The molecule has 0 N–H and O–H groups in total. The molecule has 0 unspecified atom stereocenters. The second kappa shape index (κ2) is 7.62. The molecular weight excluding hydrogens is 357 g/mol. The maximum absolute atomic E-state index is 13.4. The summed E-state index contributed by atoms with van der Waals surface area (Å²) in [5.41, 5.74) is 4.06. The van der Waals surface area contributed by atoms with Crippen molar-refractivity contribution in [2.24, 2.45) is 0 Å². The Bertz CT molecular complexity index is 1150. The number of rotatable bonds is 6. The van der Waals surface area contributed by atoms with Gasteiger partial charge in [0.15, 0.2) is 0 Å². The average molecular weight is 375 g/mol. The van der Waals surface area contributed by atoms with Crippen LogP contribution in [0, 0.1) is 12.4 Å². The van der Waals surface area contributed by atoms with Gasteiger partial charge in [-0.15, -0.1) is 0 Å². The molecule has 140 valence electrons. The van der Waals surface area contributed by atoms with E-state index >= 15 is 0 Å². The van der Waals surface area contributed by atoms with Crippen molar-refractivity contribution in [3.05, 3.63) is 72.4 Å². The zero-order chi connectivity index (χ0) is 19.5. The number of ether oxygens (including phenoxy) is 1. The van der Waals surface area contributed by atoms with Crippen LogP contribution in [0.25, 0.3) is 33.0 Å². The van der Waals surface area contributed by atoms with E-state index in [1.807, 2.05) is 29.8 Å². The van der Waals surface area contributed by atoms with E-state index in [0.29, 0.717) is 31.2 Å². The number of aromatic nitrogens is 4. The number of fused-ring (bicyclic) bond motifs is 1. The fourth-order valence-corrected chi connectivity index (χ4v) is 3.17. The smallest absolute Gasteiger partial charge is 0.254 e. The van der Waals surface area contributed by atoms with Gasteiger partial charge in [-0.05, 0) is 37.3 Å². The number of imidazole rings is 2. The number of halogens is 1. The Morgan fingerprint density at radius 1 is 1.11 bits per heavy atom. The first kappa shape index (κ1) is 17.9. The van der Waals surface area contributed by atoms with Gasteiger partial charge in [-0.2, -0.15) is 0 Å². The molecule has 28 heavy (non-hydrogen) atoms. The van der Waals surface area contributed by atoms with Crippen molar-refractivity contribution in [2.75, 3.05) is 13.2 Å². The standard InChI is InChI=1S/C21H18FN5O/c1-3-28-11-10-26-14-25-20(15-4-7-17(22)8-5-15)21(26)16-6-9-18-24-12-19(23-2)27(18)13-16/h4-9,12-14H,3,10-11H2,1H3. The molecule has 0 amide bonds. The summed E-state index contributed by atoms with van der Waals surface area (Å²) in [5, 5.41) is 0. The molecule has 0 aliphatic carbocycles. The Labute approximate surface area is 161 Å². The summed E-state index contributed by atoms with van der Waals surface area (Å²) in [6, 6.07) is 10.1. The zero-order valence-corrected chi connectivity index (χ0v) is 15.3. The first-order valence-electron chi connectivity index (χ1n) is 8.95. The van der Waals surface area contributed by atoms with Crippen molar-refractivity contribution in [2.45, 2.75) is 13.5 Å². The van der Waals surface area contributed by atoms with E-state index in [-0.39, 0.29) is 5.82 Å². The summed E-state index contributed by atoms with van der Waals surface area (Å²) in [5.74, 6) is 0.156. The molecule has 1 aromatic carbocycles. The molecule has 0 saturated heterocycles. The number of nitrogens with zero attached hydrogens (tertiary/aromatic N) is 5. The van der Waals surface area contributed by atoms with E-state index in [0.717, 1.165) is 22.5 Å². The molecule has 0 aliphatic heterocycles. The highest BCUT2D eigenvalue weighted by Crippen LogP contribution is 2.32. The predicted octanol–water partition coefficient (Wildman–Crippen LogP) is 4.59. The predicted molar refractivity (Wildman–Crippen MR) is 105 cm³/mol. The highest BCUT2D eigenvalue weighted by molar-refractivity contribution is 5.79. The highest BCUT2D eigenvalue weighted by atomic mass is 19.1. The van der Waals surface area contributed by atoms with Gasteiger partial charge >= 0.3 is 0 Å². The number of hydrogen-bond acceptors (Lipinski definition) is 3. The van der Waals surface area contributed by atoms with Gasteiger partial charge in [0.2, 0.25) is 5.65 Å². The lowest BCUT2D eigenvalue weighted by Crippen LogP contribution is -2.06. The molecular formula is C21H18FN5O. The number of benzene rings is 1. The summed E-state index contributed by atoms with van der Waals surface area (Å²) < 4.78 is 22.7. The van der Waals surface area contributed by atoms with Crippen molar-refractivity contribution in [1.29, 1.82) is 0 Å². The molecule has 0 atom stereocenters. The molecule has 4 rings (SSSR count). The van der Waals surface area contributed by atoms with Crippen LogP contribution in [0.15, 0.2) is 55.1 Å². The lowest BCUT2D eigenvalue weighted by Gasteiger charge is -2.11. The molecule has 0 saturated carbocycles. The van der Waals surface area contributed by atoms with Crippen molar-refractivity contribution in [1.82, 2.24) is 18.9 Å². The Hall–Kier alpha value is -3.50. The van der Waals surface area contributed by atoms with Gasteiger partial charge in [0.25, 0.3) is 5.82 Å². The van der Waals surface area contributed by atoms with E-state index in [9.17, 15) is 4.39 Å². The van der Waals surface area contributed by atoms with Crippen molar-refractivity contribution in [3.8, 4) is 22.5 Å². The lowest BCUT2D eigenvalue weighted by molar-refractivity contribution is 0.139. The van der Waals surface area contributed by atoms with Crippen molar-refractivity contribution in [3.63, 3.8) is 0 Å². The molecule has 0 bridgehead atoms. The molecule has 0 radical (unpaired) electrons. The summed E-state index contributed by atoms with van der Waals surface area (Å²) in [4.78, 5) is 12.4. The SMILES string of the molecule is [C-]#[N+]c1cnc2ccc(-c3c(-c4ccc(F)cc4)ncn3CCOCC)cn12. The van der Waals surface area contributed by atoms with Gasteiger partial charge < -0.3 is 14.1 Å². The Morgan fingerprint density at radius 3 is 2.64 bits per heavy atom. The maximum atomic E-state index is 13.4. The van der Waals surface area contributed by atoms with E-state index in [4.69, 9.17) is 11.3 Å². The fraction of sp³-hybridized carbons (Fsp3) is 0.190. The van der Waals surface area contributed by atoms with E-state index in [2.05, 4.69) is 14.8 Å². The molecule has 3 aromatic heterocycles. The first-order valence-corrected chi connectivity index (χ1v) is 8.95. The van der Waals surface area contributed by atoms with Crippen LogP contribution in [0.3, 0.4) is 0 Å². The third-order valence-corrected chi connectivity index (χ3v) is 4.51. The summed E-state index contributed by atoms with van der Waals surface area (Å²) in [6.45, 7) is 11.1. The van der Waals surface area contributed by atoms with Crippen LogP contribution in [-0.2, 0) is 11.3 Å². The maximum Gasteiger partial charge on any atom is 0.254 e. The molecule has 3 heterocycles. The summed E-state index contributed by atoms with van der Waals surface area (Å²) in [6.07, 6.45) is 5.21. The van der Waals surface area contributed by atoms with Crippen LogP contribution in [0.5, 0.6) is 0 Å². The second-order valence-electron chi connectivity index (χ2n) is 6.21. The molecule has 6 nitrogen and oxygen atoms in total. The van der Waals surface area contributed by atoms with Gasteiger partial charge in [-0.3, -0.25) is 0 Å². The Morgan fingerprint density at radius 2 is 1.89 bits per heavy atom. The minimum Gasteiger partial charge on any atom is -0.380 e. The van der Waals surface area contributed by atoms with Crippen molar-refractivity contribution >= 4 is 11.5 Å². The Kier molecular flexibility index (Phi) is 4.87. The zero-order valence-electron chi connectivity index (χ0n) is 15.3. The molecule has 0 aliphatic rings. The van der Waals surface area contributed by atoms with Gasteiger partial charge in [0.1, 0.15) is 5.82 Å². The van der Waals surface area contributed by atoms with Crippen molar-refractivity contribution < 1.29 is 9.13 Å². The van der Waals surface area contributed by atoms with Crippen LogP contribution in [0.1, 0.15) is 6.92 Å². The third kappa shape index (κ3) is 3.26. The molecule has 0 spiro atoms. The third-order valence-electron chi connectivity index (χ3n) is 4.51. The second-order valence-corrected chi connectivity index (χ2v) is 6.21. The Balaban J connectivity index is 1.86. The van der Waals surface area contributed by atoms with Crippen LogP contribution in [-0.4, -0.2) is 32.1 Å². The van der Waals surface area contributed by atoms with Gasteiger partial charge in [-0.1, -0.05) is 6.57 Å². The number of hydrogen-bond donors (Lipinski definition) is 0.